The van der Waals surface area contributed by atoms with E-state index < -0.39 is 0 Å². The number of para-hydroxylation sites is 2. The third-order valence-corrected chi connectivity index (χ3v) is 5.16. The van der Waals surface area contributed by atoms with Crippen LogP contribution in [0.1, 0.15) is 37.3 Å². The van der Waals surface area contributed by atoms with Crippen LogP contribution in [0.5, 0.6) is 0 Å². The van der Waals surface area contributed by atoms with Gasteiger partial charge in [0.05, 0.1) is 5.69 Å². The summed E-state index contributed by atoms with van der Waals surface area (Å²) in [5, 5.41) is 11.7. The van der Waals surface area contributed by atoms with Gasteiger partial charge in [-0.15, -0.1) is 5.10 Å². The van der Waals surface area contributed by atoms with E-state index in [1.54, 1.807) is 0 Å². The summed E-state index contributed by atoms with van der Waals surface area (Å²) in [4.78, 5) is 0. The molecule has 3 aromatic carbocycles. The van der Waals surface area contributed by atoms with Crippen LogP contribution in [0.4, 0.5) is 11.4 Å². The number of azo groups is 2. The van der Waals surface area contributed by atoms with Crippen molar-refractivity contribution < 1.29 is 4.70 Å². The van der Waals surface area contributed by atoms with E-state index in [1.807, 2.05) is 46.1 Å². The van der Waals surface area contributed by atoms with Crippen LogP contribution >= 0.6 is 0 Å². The van der Waals surface area contributed by atoms with Gasteiger partial charge in [-0.05, 0) is 30.0 Å². The minimum Gasteiger partial charge on any atom is -0.201 e. The van der Waals surface area contributed by atoms with Crippen molar-refractivity contribution in [1.29, 1.82) is 0 Å². The van der Waals surface area contributed by atoms with Crippen molar-refractivity contribution in [1.82, 2.24) is 0 Å². The molecule has 4 nitrogen and oxygen atoms in total. The molecule has 140 valence electrons. The predicted octanol–water partition coefficient (Wildman–Crippen LogP) is 6.14. The largest absolute Gasteiger partial charge is 0.269 e. The Kier molecular flexibility index (Phi) is 5.29. The number of anilines is 1. The topological polar surface area (TPSA) is 31.0 Å². The molecule has 28 heavy (non-hydrogen) atoms. The van der Waals surface area contributed by atoms with E-state index in [1.165, 1.54) is 5.56 Å². The first-order valence-corrected chi connectivity index (χ1v) is 9.80. The lowest BCUT2D eigenvalue weighted by molar-refractivity contribution is -0.508. The molecule has 0 saturated heterocycles. The first kappa shape index (κ1) is 18.1. The number of hydrazone groups is 1. The van der Waals surface area contributed by atoms with Crippen LogP contribution in [-0.4, -0.2) is 17.2 Å². The smallest absolute Gasteiger partial charge is 0.201 e. The lowest BCUT2D eigenvalue weighted by Crippen LogP contribution is -2.31. The van der Waals surface area contributed by atoms with Gasteiger partial charge in [-0.25, -0.2) is 5.01 Å². The average Bonchev–Trinajstić information content (AvgIpc) is 2.79. The summed E-state index contributed by atoms with van der Waals surface area (Å²) in [7, 11) is 0. The van der Waals surface area contributed by atoms with Gasteiger partial charge in [-0.2, -0.15) is 0 Å². The number of benzene rings is 3. The van der Waals surface area contributed by atoms with Crippen molar-refractivity contribution in [2.75, 3.05) is 11.7 Å². The summed E-state index contributed by atoms with van der Waals surface area (Å²) in [6.45, 7) is 5.04. The highest BCUT2D eigenvalue weighted by atomic mass is 15.6. The Morgan fingerprint density at radius 3 is 2.18 bits per heavy atom. The fourth-order valence-corrected chi connectivity index (χ4v) is 3.23. The molecular formula is C24H25N4+. The molecule has 1 heterocycles. The average molecular weight is 369 g/mol. The molecule has 1 aliphatic heterocycles. The molecule has 0 amide bonds. The summed E-state index contributed by atoms with van der Waals surface area (Å²) < 4.78 is 2.00. The monoisotopic (exact) mass is 369 g/mol. The number of hydrogen-bond acceptors (Lipinski definition) is 3. The first-order chi connectivity index (χ1) is 13.7. The zero-order valence-corrected chi connectivity index (χ0v) is 16.4. The lowest BCUT2D eigenvalue weighted by atomic mass is 9.97. The predicted molar refractivity (Wildman–Crippen MR) is 114 cm³/mol. The van der Waals surface area contributed by atoms with Gasteiger partial charge in [-0.3, -0.25) is 0 Å². The van der Waals surface area contributed by atoms with E-state index in [0.29, 0.717) is 12.6 Å². The Morgan fingerprint density at radius 1 is 0.893 bits per heavy atom. The Hall–Kier alpha value is -3.27. The van der Waals surface area contributed by atoms with Gasteiger partial charge in [0.15, 0.2) is 0 Å². The second-order valence-corrected chi connectivity index (χ2v) is 7.07. The summed E-state index contributed by atoms with van der Waals surface area (Å²) >= 11 is 0. The third-order valence-electron chi connectivity index (χ3n) is 5.16. The number of rotatable bonds is 5. The van der Waals surface area contributed by atoms with Crippen LogP contribution in [0, 0.1) is 0 Å². The lowest BCUT2D eigenvalue weighted by Gasteiger charge is -2.20. The Bertz CT molecular complexity index is 976. The molecule has 4 rings (SSSR count). The van der Waals surface area contributed by atoms with Crippen LogP contribution in [-0.2, 0) is 0 Å². The van der Waals surface area contributed by atoms with Crippen LogP contribution in [0.25, 0.3) is 0 Å². The Labute approximate surface area is 166 Å². The van der Waals surface area contributed by atoms with Crippen molar-refractivity contribution in [3.8, 4) is 0 Å². The molecule has 0 aromatic heterocycles. The second kappa shape index (κ2) is 8.17. The van der Waals surface area contributed by atoms with Crippen molar-refractivity contribution >= 4 is 17.2 Å². The van der Waals surface area contributed by atoms with E-state index in [-0.39, 0.29) is 0 Å². The standard InChI is InChI=1S/C24H25N4/c1-3-19(2)20-14-16-21(17-15-20)24-25-27(22-10-6-4-7-11-22)18-28(26-24)23-12-8-5-9-13-23/h4-17,19H,3,18H2,1-2H3/q+1. The fraction of sp³-hybridized carbons (Fsp3) is 0.208. The molecule has 0 N–H and O–H groups in total. The zero-order valence-electron chi connectivity index (χ0n) is 16.4. The quantitative estimate of drug-likeness (QED) is 0.497. The highest BCUT2D eigenvalue weighted by Gasteiger charge is 2.25. The van der Waals surface area contributed by atoms with Crippen LogP contribution in [0.15, 0.2) is 95.1 Å². The number of nitrogens with zero attached hydrogens (tertiary/aromatic N) is 4. The number of hydrogen-bond donors (Lipinski definition) is 0. The SMILES string of the molecule is CCC(C)c1ccc(C2=NN(c3ccccc3)C[N+](c3ccccc3)=N2)cc1. The minimum atomic E-state index is 0.556. The first-order valence-electron chi connectivity index (χ1n) is 9.80. The van der Waals surface area contributed by atoms with Crippen molar-refractivity contribution in [3.63, 3.8) is 0 Å². The maximum Gasteiger partial charge on any atom is 0.269 e. The summed E-state index contributed by atoms with van der Waals surface area (Å²) in [6, 6.07) is 29.1. The van der Waals surface area contributed by atoms with E-state index in [9.17, 15) is 0 Å². The molecule has 4 heteroatoms. The van der Waals surface area contributed by atoms with E-state index >= 15 is 0 Å². The highest BCUT2D eigenvalue weighted by Crippen LogP contribution is 2.24. The van der Waals surface area contributed by atoms with E-state index in [4.69, 9.17) is 10.2 Å². The van der Waals surface area contributed by atoms with Crippen molar-refractivity contribution in [2.24, 2.45) is 10.2 Å². The second-order valence-electron chi connectivity index (χ2n) is 7.07. The Morgan fingerprint density at radius 2 is 1.54 bits per heavy atom. The summed E-state index contributed by atoms with van der Waals surface area (Å²) in [5.74, 6) is 1.27. The summed E-state index contributed by atoms with van der Waals surface area (Å²) in [5.41, 5.74) is 4.47. The van der Waals surface area contributed by atoms with Gasteiger partial charge in [0.1, 0.15) is 0 Å². The third kappa shape index (κ3) is 3.86. The van der Waals surface area contributed by atoms with Gasteiger partial charge >= 0.3 is 0 Å². The highest BCUT2D eigenvalue weighted by molar-refractivity contribution is 5.99. The maximum atomic E-state index is 4.83. The fourth-order valence-electron chi connectivity index (χ4n) is 3.23. The van der Waals surface area contributed by atoms with Crippen LogP contribution in [0.3, 0.4) is 0 Å². The maximum absolute atomic E-state index is 4.83. The zero-order chi connectivity index (χ0) is 19.3. The molecule has 1 atom stereocenters. The van der Waals surface area contributed by atoms with Crippen molar-refractivity contribution in [3.05, 3.63) is 96.1 Å². The van der Waals surface area contributed by atoms with Gasteiger partial charge in [0.25, 0.3) is 6.67 Å². The van der Waals surface area contributed by atoms with Crippen LogP contribution in [0.2, 0.25) is 0 Å². The molecule has 0 bridgehead atoms. The molecule has 1 unspecified atom stereocenters. The van der Waals surface area contributed by atoms with Gasteiger partial charge in [-0.1, -0.05) is 79.2 Å². The molecule has 0 spiro atoms. The van der Waals surface area contributed by atoms with Crippen molar-refractivity contribution in [2.45, 2.75) is 26.2 Å². The molecule has 0 aliphatic carbocycles. The normalized spacial score (nSPS) is 15.0. The molecule has 0 saturated carbocycles. The molecule has 3 aromatic rings. The Balaban J connectivity index is 1.73. The molecule has 0 radical (unpaired) electrons. The minimum absolute atomic E-state index is 0.556. The van der Waals surface area contributed by atoms with E-state index in [0.717, 1.165) is 29.2 Å². The van der Waals surface area contributed by atoms with Gasteiger partial charge in [0, 0.05) is 22.8 Å². The number of amidine groups is 1. The van der Waals surface area contributed by atoms with Crippen LogP contribution < -0.4 is 5.01 Å². The van der Waals surface area contributed by atoms with Gasteiger partial charge < -0.3 is 0 Å². The summed E-state index contributed by atoms with van der Waals surface area (Å²) in [6.07, 6.45) is 1.13. The molecule has 1 aliphatic rings. The van der Waals surface area contributed by atoms with Gasteiger partial charge in [0.2, 0.25) is 11.5 Å². The molecular weight excluding hydrogens is 344 g/mol. The van der Waals surface area contributed by atoms with E-state index in [2.05, 4.69) is 62.4 Å². The molecule has 0 fully saturated rings.